The average molecular weight is 245 g/mol. The summed E-state index contributed by atoms with van der Waals surface area (Å²) in [5, 5.41) is 3.26. The highest BCUT2D eigenvalue weighted by Crippen LogP contribution is 2.31. The van der Waals surface area contributed by atoms with Crippen molar-refractivity contribution in [3.8, 4) is 0 Å². The summed E-state index contributed by atoms with van der Waals surface area (Å²) in [7, 11) is 1.94. The van der Waals surface area contributed by atoms with Crippen LogP contribution in [0.5, 0.6) is 0 Å². The third kappa shape index (κ3) is 1.98. The third-order valence-electron chi connectivity index (χ3n) is 1.90. The molecule has 0 aliphatic carbocycles. The van der Waals surface area contributed by atoms with Gasteiger partial charge in [0.1, 0.15) is 0 Å². The van der Waals surface area contributed by atoms with Crippen molar-refractivity contribution in [3.05, 3.63) is 37.9 Å². The van der Waals surface area contributed by atoms with Crippen molar-refractivity contribution in [3.63, 3.8) is 0 Å². The third-order valence-corrected chi connectivity index (χ3v) is 4.04. The zero-order chi connectivity index (χ0) is 9.97. The molecule has 2 rings (SSSR count). The maximum absolute atomic E-state index is 5.90. The van der Waals surface area contributed by atoms with Gasteiger partial charge in [-0.3, -0.25) is 4.98 Å². The minimum Gasteiger partial charge on any atom is -0.308 e. The van der Waals surface area contributed by atoms with Gasteiger partial charge in [-0.15, -0.1) is 22.7 Å². The van der Waals surface area contributed by atoms with Crippen molar-refractivity contribution in [2.24, 2.45) is 0 Å². The van der Waals surface area contributed by atoms with Crippen LogP contribution in [-0.4, -0.2) is 12.0 Å². The highest BCUT2D eigenvalue weighted by atomic mass is 35.5. The van der Waals surface area contributed by atoms with Crippen LogP contribution in [0.2, 0.25) is 4.34 Å². The summed E-state index contributed by atoms with van der Waals surface area (Å²) in [5.74, 6) is 0. The van der Waals surface area contributed by atoms with Crippen LogP contribution in [0.25, 0.3) is 0 Å². The average Bonchev–Trinajstić information content (AvgIpc) is 2.79. The van der Waals surface area contributed by atoms with Gasteiger partial charge in [-0.25, -0.2) is 0 Å². The maximum atomic E-state index is 5.90. The van der Waals surface area contributed by atoms with Crippen LogP contribution in [0, 0.1) is 0 Å². The topological polar surface area (TPSA) is 24.9 Å². The summed E-state index contributed by atoms with van der Waals surface area (Å²) in [4.78, 5) is 6.51. The molecule has 0 aliphatic rings. The number of halogens is 1. The van der Waals surface area contributed by atoms with E-state index >= 15 is 0 Å². The molecule has 0 amide bonds. The van der Waals surface area contributed by atoms with E-state index < -0.39 is 0 Å². The molecule has 74 valence electrons. The Kier molecular flexibility index (Phi) is 3.18. The molecular weight excluding hydrogens is 236 g/mol. The summed E-state index contributed by atoms with van der Waals surface area (Å²) >= 11 is 9.15. The largest absolute Gasteiger partial charge is 0.308 e. The fourth-order valence-corrected chi connectivity index (χ4v) is 3.29. The molecule has 0 saturated heterocycles. The first kappa shape index (κ1) is 10.1. The fourth-order valence-electron chi connectivity index (χ4n) is 1.28. The normalized spacial score (nSPS) is 13.0. The lowest BCUT2D eigenvalue weighted by atomic mass is 10.2. The van der Waals surface area contributed by atoms with Gasteiger partial charge >= 0.3 is 0 Å². The SMILES string of the molecule is CNC(c1cncs1)c1ccc(Cl)s1. The quantitative estimate of drug-likeness (QED) is 0.897. The van der Waals surface area contributed by atoms with E-state index in [1.54, 1.807) is 22.7 Å². The lowest BCUT2D eigenvalue weighted by molar-refractivity contribution is 0.714. The highest BCUT2D eigenvalue weighted by molar-refractivity contribution is 7.16. The molecule has 2 heterocycles. The molecule has 0 saturated carbocycles. The Labute approximate surface area is 95.6 Å². The molecule has 0 fully saturated rings. The monoisotopic (exact) mass is 244 g/mol. The number of nitrogens with one attached hydrogen (secondary N) is 1. The molecule has 0 spiro atoms. The molecule has 0 aromatic carbocycles. The Bertz CT molecular complexity index is 397. The first-order valence-corrected chi connectivity index (χ1v) is 6.19. The van der Waals surface area contributed by atoms with Crippen molar-refractivity contribution in [2.75, 3.05) is 7.05 Å². The van der Waals surface area contributed by atoms with Crippen molar-refractivity contribution in [1.29, 1.82) is 0 Å². The predicted octanol–water partition coefficient (Wildman–Crippen LogP) is 3.17. The Hall–Kier alpha value is -0.420. The molecule has 2 nitrogen and oxygen atoms in total. The van der Waals surface area contributed by atoms with Gasteiger partial charge in [0.05, 0.1) is 15.9 Å². The Morgan fingerprint density at radius 2 is 2.29 bits per heavy atom. The van der Waals surface area contributed by atoms with E-state index in [1.807, 2.05) is 30.9 Å². The molecular formula is C9H9ClN2S2. The molecule has 0 bridgehead atoms. The van der Waals surface area contributed by atoms with Crippen LogP contribution in [0.4, 0.5) is 0 Å². The summed E-state index contributed by atoms with van der Waals surface area (Å²) in [6.45, 7) is 0. The number of rotatable bonds is 3. The minimum absolute atomic E-state index is 0.222. The van der Waals surface area contributed by atoms with Gasteiger partial charge in [0, 0.05) is 16.0 Å². The second-order valence-corrected chi connectivity index (χ2v) is 5.43. The lowest BCUT2D eigenvalue weighted by Crippen LogP contribution is -2.14. The number of hydrogen-bond acceptors (Lipinski definition) is 4. The molecule has 0 aliphatic heterocycles. The van der Waals surface area contributed by atoms with Crippen LogP contribution < -0.4 is 5.32 Å². The van der Waals surface area contributed by atoms with Gasteiger partial charge in [-0.2, -0.15) is 0 Å². The Morgan fingerprint density at radius 3 is 2.79 bits per heavy atom. The molecule has 14 heavy (non-hydrogen) atoms. The van der Waals surface area contributed by atoms with E-state index in [1.165, 1.54) is 9.75 Å². The Morgan fingerprint density at radius 1 is 1.43 bits per heavy atom. The van der Waals surface area contributed by atoms with Gasteiger partial charge in [0.25, 0.3) is 0 Å². The Balaban J connectivity index is 2.31. The summed E-state index contributed by atoms with van der Waals surface area (Å²) in [5.41, 5.74) is 1.84. The number of hydrogen-bond donors (Lipinski definition) is 1. The van der Waals surface area contributed by atoms with Crippen molar-refractivity contribution >= 4 is 34.3 Å². The minimum atomic E-state index is 0.222. The zero-order valence-corrected chi connectivity index (χ0v) is 9.92. The molecule has 2 aromatic heterocycles. The van der Waals surface area contributed by atoms with Gasteiger partial charge in [-0.05, 0) is 19.2 Å². The van der Waals surface area contributed by atoms with Gasteiger partial charge < -0.3 is 5.32 Å². The van der Waals surface area contributed by atoms with Crippen LogP contribution in [0.3, 0.4) is 0 Å². The van der Waals surface area contributed by atoms with Crippen molar-refractivity contribution in [2.45, 2.75) is 6.04 Å². The van der Waals surface area contributed by atoms with E-state index in [-0.39, 0.29) is 6.04 Å². The highest BCUT2D eigenvalue weighted by Gasteiger charge is 2.15. The van der Waals surface area contributed by atoms with Crippen LogP contribution in [0.15, 0.2) is 23.8 Å². The number of thiophene rings is 1. The number of nitrogens with zero attached hydrogens (tertiary/aromatic N) is 1. The molecule has 1 N–H and O–H groups in total. The standard InChI is InChI=1S/C9H9ClN2S2/c1-11-9(7-4-12-5-13-7)6-2-3-8(10)14-6/h2-5,9,11H,1H3. The van der Waals surface area contributed by atoms with Crippen molar-refractivity contribution in [1.82, 2.24) is 10.3 Å². The first-order chi connectivity index (χ1) is 6.81. The molecule has 0 radical (unpaired) electrons. The molecule has 5 heteroatoms. The van der Waals surface area contributed by atoms with Crippen LogP contribution in [-0.2, 0) is 0 Å². The van der Waals surface area contributed by atoms with E-state index in [4.69, 9.17) is 11.6 Å². The fraction of sp³-hybridized carbons (Fsp3) is 0.222. The summed E-state index contributed by atoms with van der Waals surface area (Å²) in [6, 6.07) is 4.20. The van der Waals surface area contributed by atoms with E-state index in [9.17, 15) is 0 Å². The smallest absolute Gasteiger partial charge is 0.0931 e. The lowest BCUT2D eigenvalue weighted by Gasteiger charge is -2.11. The van der Waals surface area contributed by atoms with Gasteiger partial charge in [0.2, 0.25) is 0 Å². The second-order valence-electron chi connectivity index (χ2n) is 2.77. The number of aromatic nitrogens is 1. The van der Waals surface area contributed by atoms with E-state index in [0.29, 0.717) is 0 Å². The maximum Gasteiger partial charge on any atom is 0.0931 e. The van der Waals surface area contributed by atoms with Crippen LogP contribution in [0.1, 0.15) is 15.8 Å². The molecule has 1 unspecified atom stereocenters. The van der Waals surface area contributed by atoms with E-state index in [0.717, 1.165) is 4.34 Å². The van der Waals surface area contributed by atoms with Crippen LogP contribution >= 0.6 is 34.3 Å². The van der Waals surface area contributed by atoms with Gasteiger partial charge in [0.15, 0.2) is 0 Å². The summed E-state index contributed by atoms with van der Waals surface area (Å²) < 4.78 is 0.824. The molecule has 1 atom stereocenters. The second kappa shape index (κ2) is 4.40. The zero-order valence-electron chi connectivity index (χ0n) is 7.53. The predicted molar refractivity (Wildman–Crippen MR) is 62.3 cm³/mol. The van der Waals surface area contributed by atoms with Gasteiger partial charge in [-0.1, -0.05) is 11.6 Å². The first-order valence-electron chi connectivity index (χ1n) is 4.12. The van der Waals surface area contributed by atoms with Crippen molar-refractivity contribution < 1.29 is 0 Å². The summed E-state index contributed by atoms with van der Waals surface area (Å²) in [6.07, 6.45) is 1.89. The van der Waals surface area contributed by atoms with E-state index in [2.05, 4.69) is 10.3 Å². The molecule has 2 aromatic rings. The number of thiazole rings is 1.